The van der Waals surface area contributed by atoms with Crippen LogP contribution in [0.2, 0.25) is 5.02 Å². The molecule has 0 saturated carbocycles. The SMILES string of the molecule is CC(C)(NCc1ccc(-c2ccc(Cl)c(C(=O)N[C@@](C)(N)Cc3ccc(C#N)cc3)c2)o1)c1ccc(C(F)(F)F)cc1. The summed E-state index contributed by atoms with van der Waals surface area (Å²) in [5.41, 5.74) is 6.91. The van der Waals surface area contributed by atoms with Gasteiger partial charge >= 0.3 is 6.18 Å². The second-order valence-electron chi connectivity index (χ2n) is 10.9. The first kappa shape index (κ1) is 30.8. The Morgan fingerprint density at radius 3 is 2.21 bits per heavy atom. The first-order chi connectivity index (χ1) is 19.7. The predicted molar refractivity (Wildman–Crippen MR) is 155 cm³/mol. The van der Waals surface area contributed by atoms with Gasteiger partial charge in [0.15, 0.2) is 0 Å². The number of carbonyl (C=O) groups excluding carboxylic acids is 1. The third kappa shape index (κ3) is 7.59. The van der Waals surface area contributed by atoms with Crippen LogP contribution in [0.25, 0.3) is 11.3 Å². The number of nitrogens with zero attached hydrogens (tertiary/aromatic N) is 1. The van der Waals surface area contributed by atoms with E-state index in [4.69, 9.17) is 27.0 Å². The number of alkyl halides is 3. The van der Waals surface area contributed by atoms with Crippen molar-refractivity contribution >= 4 is 17.5 Å². The molecule has 4 aromatic rings. The number of halogens is 4. The Labute approximate surface area is 247 Å². The number of nitrogens with one attached hydrogen (secondary N) is 2. The summed E-state index contributed by atoms with van der Waals surface area (Å²) < 4.78 is 44.8. The lowest BCUT2D eigenvalue weighted by atomic mass is 9.93. The van der Waals surface area contributed by atoms with E-state index in [-0.39, 0.29) is 10.6 Å². The molecule has 0 aliphatic carbocycles. The third-order valence-corrected chi connectivity index (χ3v) is 7.18. The van der Waals surface area contributed by atoms with Crippen molar-refractivity contribution in [2.75, 3.05) is 0 Å². The van der Waals surface area contributed by atoms with Crippen LogP contribution in [-0.2, 0) is 24.7 Å². The summed E-state index contributed by atoms with van der Waals surface area (Å²) in [7, 11) is 0. The highest BCUT2D eigenvalue weighted by molar-refractivity contribution is 6.34. The Bertz CT molecular complexity index is 1600. The van der Waals surface area contributed by atoms with Crippen LogP contribution in [-0.4, -0.2) is 11.6 Å². The third-order valence-electron chi connectivity index (χ3n) is 6.85. The van der Waals surface area contributed by atoms with Crippen molar-refractivity contribution in [3.05, 3.63) is 117 Å². The molecular formula is C32H30ClF3N4O2. The minimum atomic E-state index is -4.39. The largest absolute Gasteiger partial charge is 0.460 e. The van der Waals surface area contributed by atoms with E-state index < -0.39 is 28.8 Å². The number of nitriles is 1. The van der Waals surface area contributed by atoms with E-state index in [2.05, 4.69) is 16.7 Å². The highest BCUT2D eigenvalue weighted by atomic mass is 35.5. The maximum Gasteiger partial charge on any atom is 0.416 e. The number of carbonyl (C=O) groups is 1. The lowest BCUT2D eigenvalue weighted by Crippen LogP contribution is -2.55. The van der Waals surface area contributed by atoms with Gasteiger partial charge in [0, 0.05) is 17.5 Å². The molecular weight excluding hydrogens is 565 g/mol. The molecule has 0 radical (unpaired) electrons. The summed E-state index contributed by atoms with van der Waals surface area (Å²) in [5, 5.41) is 15.4. The van der Waals surface area contributed by atoms with Gasteiger partial charge in [-0.15, -0.1) is 0 Å². The molecule has 1 amide bonds. The van der Waals surface area contributed by atoms with Crippen LogP contribution < -0.4 is 16.4 Å². The summed E-state index contributed by atoms with van der Waals surface area (Å²) in [6.07, 6.45) is -4.06. The van der Waals surface area contributed by atoms with Crippen molar-refractivity contribution in [3.8, 4) is 17.4 Å². The molecule has 10 heteroatoms. The molecule has 6 nitrogen and oxygen atoms in total. The van der Waals surface area contributed by atoms with Crippen LogP contribution in [0.4, 0.5) is 13.2 Å². The van der Waals surface area contributed by atoms with E-state index in [0.29, 0.717) is 41.2 Å². The van der Waals surface area contributed by atoms with Gasteiger partial charge in [0.2, 0.25) is 0 Å². The fraction of sp³-hybridized carbons (Fsp3) is 0.250. The van der Waals surface area contributed by atoms with E-state index in [9.17, 15) is 18.0 Å². The lowest BCUT2D eigenvalue weighted by Gasteiger charge is -2.27. The first-order valence-corrected chi connectivity index (χ1v) is 13.5. The van der Waals surface area contributed by atoms with E-state index >= 15 is 0 Å². The second kappa shape index (κ2) is 12.0. The smallest absolute Gasteiger partial charge is 0.416 e. The highest BCUT2D eigenvalue weighted by Gasteiger charge is 2.31. The average Bonchev–Trinajstić information content (AvgIpc) is 3.41. The zero-order chi connectivity index (χ0) is 30.7. The van der Waals surface area contributed by atoms with Gasteiger partial charge < -0.3 is 20.8 Å². The Morgan fingerprint density at radius 2 is 1.60 bits per heavy atom. The lowest BCUT2D eigenvalue weighted by molar-refractivity contribution is -0.137. The van der Waals surface area contributed by atoms with E-state index in [1.807, 2.05) is 13.8 Å². The van der Waals surface area contributed by atoms with Crippen molar-refractivity contribution in [1.82, 2.24) is 10.6 Å². The molecule has 42 heavy (non-hydrogen) atoms. The average molecular weight is 595 g/mol. The van der Waals surface area contributed by atoms with Crippen LogP contribution in [0, 0.1) is 11.3 Å². The molecule has 1 atom stereocenters. The normalized spacial score (nSPS) is 13.3. The quantitative estimate of drug-likeness (QED) is 0.178. The molecule has 3 aromatic carbocycles. The van der Waals surface area contributed by atoms with Gasteiger partial charge in [0.25, 0.3) is 5.91 Å². The van der Waals surface area contributed by atoms with Gasteiger partial charge in [0.1, 0.15) is 11.5 Å². The first-order valence-electron chi connectivity index (χ1n) is 13.1. The molecule has 1 heterocycles. The standard InChI is InChI=1S/C32H30ClF3N4O2/c1-30(2,23-9-11-24(12-10-23)32(34,35)36)39-19-25-13-15-28(42-25)22-8-14-27(33)26(16-22)29(41)40-31(3,38)17-20-4-6-21(18-37)7-5-20/h4-16,39H,17,19,38H2,1-3H3,(H,40,41)/t31-/m1/s1. The van der Waals surface area contributed by atoms with Gasteiger partial charge in [-0.3, -0.25) is 4.79 Å². The predicted octanol–water partition coefficient (Wildman–Crippen LogP) is 7.16. The number of benzene rings is 3. The molecule has 1 aromatic heterocycles. The second-order valence-corrected chi connectivity index (χ2v) is 11.3. The summed E-state index contributed by atoms with van der Waals surface area (Å²) in [4.78, 5) is 13.2. The number of rotatable bonds is 9. The van der Waals surface area contributed by atoms with Crippen molar-refractivity contribution in [2.24, 2.45) is 5.73 Å². The molecule has 0 spiro atoms. The fourth-order valence-corrected chi connectivity index (χ4v) is 4.66. The zero-order valence-electron chi connectivity index (χ0n) is 23.3. The number of amides is 1. The summed E-state index contributed by atoms with van der Waals surface area (Å²) in [6, 6.07) is 22.6. The number of hydrogen-bond donors (Lipinski definition) is 3. The molecule has 4 N–H and O–H groups in total. The number of hydrogen-bond acceptors (Lipinski definition) is 5. The van der Waals surface area contributed by atoms with Crippen molar-refractivity contribution in [2.45, 2.75) is 51.1 Å². The maximum atomic E-state index is 13.2. The maximum absolute atomic E-state index is 13.2. The highest BCUT2D eigenvalue weighted by Crippen LogP contribution is 2.32. The van der Waals surface area contributed by atoms with Crippen LogP contribution in [0.5, 0.6) is 0 Å². The summed E-state index contributed by atoms with van der Waals surface area (Å²) >= 11 is 6.36. The minimum absolute atomic E-state index is 0.227. The van der Waals surface area contributed by atoms with E-state index in [1.165, 1.54) is 12.1 Å². The van der Waals surface area contributed by atoms with Crippen molar-refractivity contribution in [1.29, 1.82) is 5.26 Å². The van der Waals surface area contributed by atoms with E-state index in [1.54, 1.807) is 61.5 Å². The topological polar surface area (TPSA) is 104 Å². The Morgan fingerprint density at radius 1 is 0.952 bits per heavy atom. The molecule has 0 bridgehead atoms. The minimum Gasteiger partial charge on any atom is -0.460 e. The zero-order valence-corrected chi connectivity index (χ0v) is 24.0. The summed E-state index contributed by atoms with van der Waals surface area (Å²) in [6.45, 7) is 5.75. The van der Waals surface area contributed by atoms with Crippen LogP contribution in [0.3, 0.4) is 0 Å². The molecule has 0 aliphatic rings. The molecule has 0 unspecified atom stereocenters. The van der Waals surface area contributed by atoms with Crippen LogP contribution in [0.1, 0.15) is 59.1 Å². The molecule has 0 fully saturated rings. The monoisotopic (exact) mass is 594 g/mol. The number of nitrogens with two attached hydrogens (primary N) is 1. The molecule has 218 valence electrons. The molecule has 0 aliphatic heterocycles. The Balaban J connectivity index is 1.43. The Kier molecular flexibility index (Phi) is 8.83. The van der Waals surface area contributed by atoms with Gasteiger partial charge in [-0.05, 0) is 86.5 Å². The van der Waals surface area contributed by atoms with Gasteiger partial charge in [-0.2, -0.15) is 18.4 Å². The van der Waals surface area contributed by atoms with E-state index in [0.717, 1.165) is 17.7 Å². The molecule has 4 rings (SSSR count). The Hall–Kier alpha value is -4.10. The van der Waals surface area contributed by atoms with Crippen molar-refractivity contribution in [3.63, 3.8) is 0 Å². The van der Waals surface area contributed by atoms with Gasteiger partial charge in [0.05, 0.1) is 40.0 Å². The van der Waals surface area contributed by atoms with Crippen LogP contribution in [0.15, 0.2) is 83.3 Å². The number of furan rings is 1. The van der Waals surface area contributed by atoms with Gasteiger partial charge in [-0.1, -0.05) is 35.9 Å². The van der Waals surface area contributed by atoms with Gasteiger partial charge in [-0.25, -0.2) is 0 Å². The van der Waals surface area contributed by atoms with Crippen LogP contribution >= 0.6 is 11.6 Å². The van der Waals surface area contributed by atoms with Crippen molar-refractivity contribution < 1.29 is 22.4 Å². The fourth-order valence-electron chi connectivity index (χ4n) is 4.46. The summed E-state index contributed by atoms with van der Waals surface area (Å²) in [5.74, 6) is 0.660. The molecule has 0 saturated heterocycles.